The summed E-state index contributed by atoms with van der Waals surface area (Å²) in [5.74, 6) is 0.251. The molecule has 4 nitrogen and oxygen atoms in total. The number of carboxylic acids is 1. The summed E-state index contributed by atoms with van der Waals surface area (Å²) in [6.07, 6.45) is 4.64. The van der Waals surface area contributed by atoms with Gasteiger partial charge in [-0.25, -0.2) is 0 Å². The summed E-state index contributed by atoms with van der Waals surface area (Å²) in [5.41, 5.74) is 3.97. The lowest BCUT2D eigenvalue weighted by molar-refractivity contribution is -0.136. The molecule has 0 radical (unpaired) electrons. The monoisotopic (exact) mass is 484 g/mol. The molecule has 2 aromatic carbocycles. The predicted octanol–water partition coefficient (Wildman–Crippen LogP) is 7.75. The Bertz CT molecular complexity index is 969. The molecule has 1 aliphatic heterocycles. The van der Waals surface area contributed by atoms with E-state index in [4.69, 9.17) is 21.1 Å². The van der Waals surface area contributed by atoms with Crippen LogP contribution in [0.3, 0.4) is 0 Å². The summed E-state index contributed by atoms with van der Waals surface area (Å²) in [6, 6.07) is 13.8. The van der Waals surface area contributed by atoms with E-state index >= 15 is 0 Å². The molecule has 1 N–H and O–H groups in total. The summed E-state index contributed by atoms with van der Waals surface area (Å²) in [6.45, 7) is 11.3. The number of aliphatic carboxylic acids is 1. The van der Waals surface area contributed by atoms with Crippen molar-refractivity contribution in [2.24, 2.45) is 5.92 Å². The first kappa shape index (κ1) is 26.3. The van der Waals surface area contributed by atoms with E-state index < -0.39 is 5.97 Å². The van der Waals surface area contributed by atoms with Crippen LogP contribution < -0.4 is 4.74 Å². The Morgan fingerprint density at radius 3 is 2.53 bits per heavy atom. The average Bonchev–Trinajstić information content (AvgIpc) is 2.80. The Balaban J connectivity index is 2.01. The second kappa shape index (κ2) is 12.4. The molecule has 1 saturated heterocycles. The lowest BCUT2D eigenvalue weighted by Crippen LogP contribution is -2.36. The van der Waals surface area contributed by atoms with Gasteiger partial charge in [-0.3, -0.25) is 4.79 Å². The van der Waals surface area contributed by atoms with Gasteiger partial charge in [-0.1, -0.05) is 68.6 Å². The Morgan fingerprint density at radius 1 is 1.18 bits per heavy atom. The van der Waals surface area contributed by atoms with Gasteiger partial charge >= 0.3 is 5.97 Å². The molecule has 0 amide bonds. The van der Waals surface area contributed by atoms with Crippen molar-refractivity contribution < 1.29 is 19.4 Å². The molecule has 3 rings (SSSR count). The van der Waals surface area contributed by atoms with Gasteiger partial charge in [0, 0.05) is 22.4 Å². The van der Waals surface area contributed by atoms with E-state index in [9.17, 15) is 9.90 Å². The summed E-state index contributed by atoms with van der Waals surface area (Å²) in [5, 5.41) is 10.1. The first-order valence-electron chi connectivity index (χ1n) is 12.4. The summed E-state index contributed by atoms with van der Waals surface area (Å²) in [7, 11) is 0. The third-order valence-electron chi connectivity index (χ3n) is 6.64. The van der Waals surface area contributed by atoms with Crippen molar-refractivity contribution >= 4 is 17.6 Å². The Hall–Kier alpha value is -2.30. The second-order valence-corrected chi connectivity index (χ2v) is 9.81. The molecule has 0 spiro atoms. The van der Waals surface area contributed by atoms with Crippen molar-refractivity contribution in [3.05, 3.63) is 76.3 Å². The van der Waals surface area contributed by atoms with Gasteiger partial charge in [-0.2, -0.15) is 0 Å². The first-order valence-corrected chi connectivity index (χ1v) is 12.8. The van der Waals surface area contributed by atoms with Crippen LogP contribution in [0.2, 0.25) is 5.02 Å². The molecular formula is C29H37ClO4. The molecule has 1 aliphatic rings. The third-order valence-corrected chi connectivity index (χ3v) is 6.89. The molecule has 4 atom stereocenters. The van der Waals surface area contributed by atoms with Gasteiger partial charge in [-0.05, 0) is 61.6 Å². The van der Waals surface area contributed by atoms with E-state index in [2.05, 4.69) is 39.5 Å². The normalized spacial score (nSPS) is 22.4. The molecule has 0 bridgehead atoms. The number of hydrogen-bond acceptors (Lipinski definition) is 3. The molecule has 2 aromatic rings. The molecule has 5 heteroatoms. The second-order valence-electron chi connectivity index (χ2n) is 9.38. The highest BCUT2D eigenvalue weighted by Crippen LogP contribution is 2.49. The maximum atomic E-state index is 11.4. The number of benzene rings is 2. The molecule has 184 valence electrons. The van der Waals surface area contributed by atoms with Gasteiger partial charge in [0.25, 0.3) is 0 Å². The standard InChI is InChI=1S/C29H37ClO4/c1-5-7-15-33-26-14-9-20(17-28(31)32)16-25(26)29-23(19(3)4)18-24(27(34-29)8-6-2)21-10-12-22(30)13-11-21/h9-14,16,23-24,27,29H,3,5-8,15,17-18H2,1-2,4H3,(H,31,32)/t23-,24+,27+,29+/m1/s1. The van der Waals surface area contributed by atoms with Crippen LogP contribution in [0, 0.1) is 5.92 Å². The molecule has 1 heterocycles. The van der Waals surface area contributed by atoms with Crippen molar-refractivity contribution in [1.82, 2.24) is 0 Å². The summed E-state index contributed by atoms with van der Waals surface area (Å²) in [4.78, 5) is 11.4. The van der Waals surface area contributed by atoms with Crippen molar-refractivity contribution in [3.8, 4) is 5.75 Å². The minimum atomic E-state index is -0.849. The Morgan fingerprint density at radius 2 is 1.91 bits per heavy atom. The van der Waals surface area contributed by atoms with Crippen molar-refractivity contribution in [2.75, 3.05) is 6.61 Å². The molecule has 1 fully saturated rings. The molecule has 0 saturated carbocycles. The molecule has 34 heavy (non-hydrogen) atoms. The average molecular weight is 485 g/mol. The quantitative estimate of drug-likeness (QED) is 0.261. The number of halogens is 1. The van der Waals surface area contributed by atoms with Gasteiger partial charge in [-0.15, -0.1) is 0 Å². The van der Waals surface area contributed by atoms with Crippen molar-refractivity contribution in [2.45, 2.75) is 77.4 Å². The van der Waals surface area contributed by atoms with Crippen LogP contribution in [0.4, 0.5) is 0 Å². The van der Waals surface area contributed by atoms with Gasteiger partial charge in [0.15, 0.2) is 0 Å². The number of rotatable bonds is 11. The zero-order valence-electron chi connectivity index (χ0n) is 20.6. The third kappa shape index (κ3) is 6.64. The highest BCUT2D eigenvalue weighted by Gasteiger charge is 2.40. The highest BCUT2D eigenvalue weighted by molar-refractivity contribution is 6.30. The molecule has 0 aromatic heterocycles. The van der Waals surface area contributed by atoms with E-state index in [1.807, 2.05) is 30.3 Å². The van der Waals surface area contributed by atoms with E-state index in [-0.39, 0.29) is 30.5 Å². The van der Waals surface area contributed by atoms with E-state index in [0.717, 1.165) is 59.6 Å². The maximum absolute atomic E-state index is 11.4. The molecule has 0 unspecified atom stereocenters. The predicted molar refractivity (Wildman–Crippen MR) is 138 cm³/mol. The van der Waals surface area contributed by atoms with Crippen LogP contribution in [-0.2, 0) is 16.0 Å². The van der Waals surface area contributed by atoms with E-state index in [1.54, 1.807) is 0 Å². The van der Waals surface area contributed by atoms with Crippen LogP contribution in [0.15, 0.2) is 54.6 Å². The zero-order chi connectivity index (χ0) is 24.7. The van der Waals surface area contributed by atoms with Crippen LogP contribution in [0.1, 0.15) is 81.6 Å². The van der Waals surface area contributed by atoms with Gasteiger partial charge < -0.3 is 14.6 Å². The number of hydrogen-bond donors (Lipinski definition) is 1. The van der Waals surface area contributed by atoms with Crippen LogP contribution in [0.25, 0.3) is 0 Å². The fourth-order valence-corrected chi connectivity index (χ4v) is 4.98. The van der Waals surface area contributed by atoms with Crippen LogP contribution in [-0.4, -0.2) is 23.8 Å². The minimum absolute atomic E-state index is 0.0293. The van der Waals surface area contributed by atoms with Gasteiger partial charge in [0.05, 0.1) is 25.2 Å². The fraction of sp³-hybridized carbons (Fsp3) is 0.483. The first-order chi connectivity index (χ1) is 16.3. The lowest BCUT2D eigenvalue weighted by atomic mass is 9.74. The Kier molecular flexibility index (Phi) is 9.61. The fourth-order valence-electron chi connectivity index (χ4n) is 4.85. The smallest absolute Gasteiger partial charge is 0.307 e. The summed E-state index contributed by atoms with van der Waals surface area (Å²) >= 11 is 6.15. The van der Waals surface area contributed by atoms with Crippen LogP contribution in [0.5, 0.6) is 5.75 Å². The van der Waals surface area contributed by atoms with Gasteiger partial charge in [0.2, 0.25) is 0 Å². The SMILES string of the molecule is C=C(C)[C@H]1C[C@@H](c2ccc(Cl)cc2)[C@H](CCC)O[C@@H]1c1cc(CC(=O)O)ccc1OCCCC. The van der Waals surface area contributed by atoms with Crippen LogP contribution >= 0.6 is 11.6 Å². The molecular weight excluding hydrogens is 448 g/mol. The topological polar surface area (TPSA) is 55.8 Å². The number of carbonyl (C=O) groups is 1. The lowest BCUT2D eigenvalue weighted by Gasteiger charge is -2.43. The maximum Gasteiger partial charge on any atom is 0.307 e. The van der Waals surface area contributed by atoms with Gasteiger partial charge in [0.1, 0.15) is 5.75 Å². The highest BCUT2D eigenvalue weighted by atomic mass is 35.5. The van der Waals surface area contributed by atoms with Crippen molar-refractivity contribution in [3.63, 3.8) is 0 Å². The largest absolute Gasteiger partial charge is 0.493 e. The number of unbranched alkanes of at least 4 members (excludes halogenated alkanes) is 1. The van der Waals surface area contributed by atoms with E-state index in [1.165, 1.54) is 5.56 Å². The zero-order valence-corrected chi connectivity index (χ0v) is 21.3. The van der Waals surface area contributed by atoms with Crippen molar-refractivity contribution in [1.29, 1.82) is 0 Å². The Labute approximate surface area is 208 Å². The van der Waals surface area contributed by atoms with E-state index in [0.29, 0.717) is 6.61 Å². The molecule has 0 aliphatic carbocycles. The number of ether oxygens (including phenoxy) is 2. The minimum Gasteiger partial charge on any atom is -0.493 e. The number of carboxylic acid groups (broad SMARTS) is 1. The summed E-state index contributed by atoms with van der Waals surface area (Å²) < 4.78 is 13.0.